The van der Waals surface area contributed by atoms with Gasteiger partial charge in [0.1, 0.15) is 6.61 Å². The molecule has 0 aliphatic carbocycles. The predicted molar refractivity (Wildman–Crippen MR) is 64.0 cm³/mol. The predicted octanol–water partition coefficient (Wildman–Crippen LogP) is 2.72. The molecular weight excluding hydrogens is 283 g/mol. The van der Waals surface area contributed by atoms with Crippen LogP contribution in [-0.4, -0.2) is 47.7 Å². The van der Waals surface area contributed by atoms with Crippen LogP contribution in [0.1, 0.15) is 32.1 Å². The minimum atomic E-state index is -4.33. The van der Waals surface area contributed by atoms with Crippen molar-refractivity contribution in [2.24, 2.45) is 0 Å². The number of amides is 1. The number of halogens is 4. The van der Waals surface area contributed by atoms with Gasteiger partial charge in [-0.25, -0.2) is 0 Å². The van der Waals surface area contributed by atoms with Crippen LogP contribution in [-0.2, 0) is 9.53 Å². The smallest absolute Gasteiger partial charge is 0.372 e. The number of fused-ring (bicyclic) bond motifs is 2. The topological polar surface area (TPSA) is 29.5 Å². The van der Waals surface area contributed by atoms with Crippen LogP contribution in [0, 0.1) is 0 Å². The van der Waals surface area contributed by atoms with E-state index in [0.29, 0.717) is 0 Å². The summed E-state index contributed by atoms with van der Waals surface area (Å²) in [6.07, 6.45) is -0.860. The Kier molecular flexibility index (Phi) is 4.61. The number of hydrogen-bond donors (Lipinski definition) is 0. The SMILES string of the molecule is O=C(CCOCC(F)(F)F)N1C2CCC1CC(Cl)C2. The maximum Gasteiger partial charge on any atom is 0.411 e. The Bertz CT molecular complexity index is 323. The highest BCUT2D eigenvalue weighted by Crippen LogP contribution is 2.38. The zero-order valence-electron chi connectivity index (χ0n) is 10.5. The van der Waals surface area contributed by atoms with Gasteiger partial charge in [-0.15, -0.1) is 11.6 Å². The first kappa shape index (κ1) is 14.9. The van der Waals surface area contributed by atoms with E-state index in [4.69, 9.17) is 11.6 Å². The van der Waals surface area contributed by atoms with Crippen molar-refractivity contribution in [1.29, 1.82) is 0 Å². The van der Waals surface area contributed by atoms with Crippen molar-refractivity contribution >= 4 is 17.5 Å². The molecule has 2 heterocycles. The first-order valence-electron chi connectivity index (χ1n) is 6.46. The molecule has 2 rings (SSSR count). The summed E-state index contributed by atoms with van der Waals surface area (Å²) in [5.74, 6) is -0.113. The van der Waals surface area contributed by atoms with E-state index in [1.165, 1.54) is 0 Å². The lowest BCUT2D eigenvalue weighted by Gasteiger charge is -2.37. The van der Waals surface area contributed by atoms with Crippen molar-refractivity contribution in [2.75, 3.05) is 13.2 Å². The summed E-state index contributed by atoms with van der Waals surface area (Å²) in [7, 11) is 0. The molecule has 0 saturated carbocycles. The molecule has 2 unspecified atom stereocenters. The zero-order valence-corrected chi connectivity index (χ0v) is 11.2. The Morgan fingerprint density at radius 3 is 2.37 bits per heavy atom. The van der Waals surface area contributed by atoms with Gasteiger partial charge in [0.25, 0.3) is 0 Å². The van der Waals surface area contributed by atoms with Gasteiger partial charge in [-0.1, -0.05) is 0 Å². The lowest BCUT2D eigenvalue weighted by Crippen LogP contribution is -2.47. The maximum atomic E-state index is 12.0. The van der Waals surface area contributed by atoms with Gasteiger partial charge in [0.2, 0.25) is 5.91 Å². The fraction of sp³-hybridized carbons (Fsp3) is 0.917. The Balaban J connectivity index is 1.75. The summed E-state index contributed by atoms with van der Waals surface area (Å²) >= 11 is 6.11. The Hall–Kier alpha value is -0.490. The summed E-state index contributed by atoms with van der Waals surface area (Å²) in [6, 6.07) is 0.327. The molecule has 0 aromatic heterocycles. The maximum absolute atomic E-state index is 12.0. The minimum Gasteiger partial charge on any atom is -0.372 e. The number of rotatable bonds is 4. The second-order valence-corrected chi connectivity index (χ2v) is 5.79. The van der Waals surface area contributed by atoms with Crippen molar-refractivity contribution in [3.05, 3.63) is 0 Å². The molecule has 2 fully saturated rings. The quantitative estimate of drug-likeness (QED) is 0.590. The Labute approximate surface area is 115 Å². The molecule has 0 spiro atoms. The highest BCUT2D eigenvalue weighted by Gasteiger charge is 2.42. The number of ether oxygens (including phenoxy) is 1. The average Bonchev–Trinajstić information content (AvgIpc) is 2.56. The summed E-state index contributed by atoms with van der Waals surface area (Å²) < 4.78 is 40.1. The highest BCUT2D eigenvalue weighted by molar-refractivity contribution is 6.20. The summed E-state index contributed by atoms with van der Waals surface area (Å²) in [6.45, 7) is -1.48. The lowest BCUT2D eigenvalue weighted by molar-refractivity contribution is -0.175. The molecule has 2 aliphatic heterocycles. The van der Waals surface area contributed by atoms with Crippen LogP contribution in [0.2, 0.25) is 0 Å². The van der Waals surface area contributed by atoms with Gasteiger partial charge < -0.3 is 9.64 Å². The minimum absolute atomic E-state index is 0.00995. The molecular formula is C12H17ClF3NO2. The van der Waals surface area contributed by atoms with E-state index in [0.717, 1.165) is 25.7 Å². The van der Waals surface area contributed by atoms with E-state index in [1.54, 1.807) is 0 Å². The summed E-state index contributed by atoms with van der Waals surface area (Å²) in [4.78, 5) is 13.8. The van der Waals surface area contributed by atoms with Gasteiger partial charge in [0.05, 0.1) is 13.0 Å². The van der Waals surface area contributed by atoms with E-state index >= 15 is 0 Å². The van der Waals surface area contributed by atoms with Gasteiger partial charge in [0, 0.05) is 17.5 Å². The lowest BCUT2D eigenvalue weighted by atomic mass is 10.0. The molecule has 0 aromatic rings. The average molecular weight is 300 g/mol. The molecule has 7 heteroatoms. The van der Waals surface area contributed by atoms with Crippen LogP contribution in [0.3, 0.4) is 0 Å². The van der Waals surface area contributed by atoms with Crippen molar-refractivity contribution in [1.82, 2.24) is 4.90 Å². The molecule has 1 amide bonds. The fourth-order valence-corrected chi connectivity index (χ4v) is 3.41. The van der Waals surface area contributed by atoms with Gasteiger partial charge >= 0.3 is 6.18 Å². The molecule has 19 heavy (non-hydrogen) atoms. The van der Waals surface area contributed by atoms with E-state index in [2.05, 4.69) is 4.74 Å². The molecule has 2 aliphatic rings. The third kappa shape index (κ3) is 3.99. The van der Waals surface area contributed by atoms with Gasteiger partial charge in [-0.2, -0.15) is 13.2 Å². The summed E-state index contributed by atoms with van der Waals surface area (Å²) in [5.41, 5.74) is 0. The fourth-order valence-electron chi connectivity index (χ4n) is 2.99. The largest absolute Gasteiger partial charge is 0.411 e. The third-order valence-electron chi connectivity index (χ3n) is 3.69. The summed E-state index contributed by atoms with van der Waals surface area (Å²) in [5, 5.41) is 0.114. The first-order valence-corrected chi connectivity index (χ1v) is 6.90. The number of carbonyl (C=O) groups is 1. The molecule has 2 saturated heterocycles. The van der Waals surface area contributed by atoms with E-state index in [1.807, 2.05) is 4.90 Å². The van der Waals surface area contributed by atoms with Gasteiger partial charge in [-0.05, 0) is 25.7 Å². The number of nitrogens with zero attached hydrogens (tertiary/aromatic N) is 1. The van der Waals surface area contributed by atoms with Crippen LogP contribution in [0.5, 0.6) is 0 Å². The van der Waals surface area contributed by atoms with E-state index < -0.39 is 12.8 Å². The van der Waals surface area contributed by atoms with Crippen molar-refractivity contribution in [3.8, 4) is 0 Å². The van der Waals surface area contributed by atoms with Gasteiger partial charge in [-0.3, -0.25) is 4.79 Å². The molecule has 0 aromatic carbocycles. The number of alkyl halides is 4. The number of piperidine rings is 1. The van der Waals surface area contributed by atoms with Crippen LogP contribution < -0.4 is 0 Å². The van der Waals surface area contributed by atoms with Crippen molar-refractivity contribution in [3.63, 3.8) is 0 Å². The molecule has 0 radical (unpaired) electrons. The molecule has 110 valence electrons. The number of carbonyl (C=O) groups excluding carboxylic acids is 1. The van der Waals surface area contributed by atoms with Crippen LogP contribution >= 0.6 is 11.6 Å². The molecule has 3 nitrogen and oxygen atoms in total. The van der Waals surface area contributed by atoms with Crippen molar-refractivity contribution < 1.29 is 22.7 Å². The third-order valence-corrected chi connectivity index (χ3v) is 4.05. The van der Waals surface area contributed by atoms with E-state index in [9.17, 15) is 18.0 Å². The zero-order chi connectivity index (χ0) is 14.0. The van der Waals surface area contributed by atoms with Crippen LogP contribution in [0.15, 0.2) is 0 Å². The molecule has 2 atom stereocenters. The standard InChI is InChI=1S/C12H17ClF3NO2/c13-8-5-9-1-2-10(6-8)17(9)11(18)3-4-19-7-12(14,15)16/h8-10H,1-7H2. The van der Waals surface area contributed by atoms with Gasteiger partial charge in [0.15, 0.2) is 0 Å². The monoisotopic (exact) mass is 299 g/mol. The second kappa shape index (κ2) is 5.87. The van der Waals surface area contributed by atoms with Crippen LogP contribution in [0.4, 0.5) is 13.2 Å². The highest BCUT2D eigenvalue weighted by atomic mass is 35.5. The molecule has 0 N–H and O–H groups in total. The first-order chi connectivity index (χ1) is 8.87. The Morgan fingerprint density at radius 1 is 1.26 bits per heavy atom. The molecule has 2 bridgehead atoms. The second-order valence-electron chi connectivity index (χ2n) is 5.17. The van der Waals surface area contributed by atoms with Crippen LogP contribution in [0.25, 0.3) is 0 Å². The normalized spacial score (nSPS) is 30.7. The van der Waals surface area contributed by atoms with E-state index in [-0.39, 0.29) is 36.4 Å². The van der Waals surface area contributed by atoms with Crippen molar-refractivity contribution in [2.45, 2.75) is 55.7 Å². The number of hydrogen-bond acceptors (Lipinski definition) is 2. The Morgan fingerprint density at radius 2 is 1.84 bits per heavy atom.